The van der Waals surface area contributed by atoms with Crippen LogP contribution in [0, 0.1) is 5.92 Å². The highest BCUT2D eigenvalue weighted by Crippen LogP contribution is 2.34. The number of aliphatic hydroxyl groups excluding tert-OH is 1. The van der Waals surface area contributed by atoms with Crippen molar-refractivity contribution in [3.63, 3.8) is 0 Å². The zero-order valence-electron chi connectivity index (χ0n) is 23.6. The highest BCUT2D eigenvalue weighted by Gasteiger charge is 2.20. The molecule has 43 heavy (non-hydrogen) atoms. The lowest BCUT2D eigenvalue weighted by molar-refractivity contribution is -0.125. The highest BCUT2D eigenvalue weighted by atomic mass is 35.5. The lowest BCUT2D eigenvalue weighted by Gasteiger charge is -2.27. The van der Waals surface area contributed by atoms with Crippen LogP contribution in [0.5, 0.6) is 0 Å². The molecule has 1 saturated heterocycles. The fraction of sp³-hybridized carbons (Fsp3) is 0.290. The molecule has 2 aromatic heterocycles. The van der Waals surface area contributed by atoms with E-state index >= 15 is 0 Å². The Bertz CT molecular complexity index is 1600. The van der Waals surface area contributed by atoms with Crippen molar-refractivity contribution in [1.29, 1.82) is 0 Å². The Morgan fingerprint density at radius 3 is 2.53 bits per heavy atom. The highest BCUT2D eigenvalue weighted by molar-refractivity contribution is 6.31. The van der Waals surface area contributed by atoms with Gasteiger partial charge in [0.25, 0.3) is 5.91 Å². The number of H-pyrrole nitrogens is 1. The van der Waals surface area contributed by atoms with E-state index in [1.807, 2.05) is 30.3 Å². The minimum atomic E-state index is -0.528. The molecule has 5 rings (SSSR count). The summed E-state index contributed by atoms with van der Waals surface area (Å²) in [7, 11) is 0. The smallest absolute Gasteiger partial charge is 0.267 e. The number of nitrogens with zero attached hydrogens (tertiary/aromatic N) is 3. The average molecular weight is 624 g/mol. The van der Waals surface area contributed by atoms with Crippen molar-refractivity contribution < 1.29 is 19.4 Å². The molecule has 224 valence electrons. The minimum absolute atomic E-state index is 0.192. The van der Waals surface area contributed by atoms with Crippen molar-refractivity contribution >= 4 is 41.0 Å². The van der Waals surface area contributed by atoms with Crippen LogP contribution in [0.25, 0.3) is 22.4 Å². The van der Waals surface area contributed by atoms with Crippen LogP contribution in [-0.2, 0) is 22.6 Å². The first-order valence-electron chi connectivity index (χ1n) is 13.9. The number of hydrogen-bond donors (Lipinski definition) is 4. The Morgan fingerprint density at radius 1 is 1.02 bits per heavy atom. The monoisotopic (exact) mass is 622 g/mol. The molecule has 10 nitrogen and oxygen atoms in total. The second-order valence-corrected chi connectivity index (χ2v) is 11.0. The molecule has 0 saturated carbocycles. The van der Waals surface area contributed by atoms with E-state index in [0.717, 1.165) is 16.7 Å². The van der Waals surface area contributed by atoms with Gasteiger partial charge in [-0.15, -0.1) is 0 Å². The maximum Gasteiger partial charge on any atom is 0.267 e. The van der Waals surface area contributed by atoms with Gasteiger partial charge in [0.15, 0.2) is 0 Å². The molecule has 2 amide bonds. The van der Waals surface area contributed by atoms with Gasteiger partial charge in [-0.3, -0.25) is 9.59 Å². The van der Waals surface area contributed by atoms with E-state index in [2.05, 4.69) is 25.5 Å². The molecular formula is C31H32Cl2N6O4. The number of carbonyl (C=O) groups is 2. The Kier molecular flexibility index (Phi) is 9.93. The number of amides is 2. The summed E-state index contributed by atoms with van der Waals surface area (Å²) >= 11 is 12.7. The number of anilines is 1. The number of morpholine rings is 1. The number of nitrogens with one attached hydrogen (secondary N) is 3. The van der Waals surface area contributed by atoms with E-state index in [4.69, 9.17) is 32.9 Å². The molecule has 1 aliphatic heterocycles. The predicted octanol–water partition coefficient (Wildman–Crippen LogP) is 4.46. The summed E-state index contributed by atoms with van der Waals surface area (Å²) in [6, 6.07) is 14.6. The number of rotatable bonds is 10. The molecule has 0 bridgehead atoms. The first kappa shape index (κ1) is 30.5. The van der Waals surface area contributed by atoms with Gasteiger partial charge in [-0.1, -0.05) is 54.4 Å². The van der Waals surface area contributed by atoms with Crippen LogP contribution in [0.2, 0.25) is 10.0 Å². The molecule has 2 aromatic carbocycles. The molecular weight excluding hydrogens is 591 g/mol. The van der Waals surface area contributed by atoms with Crippen molar-refractivity contribution in [1.82, 2.24) is 25.6 Å². The third kappa shape index (κ3) is 7.34. The molecule has 0 aliphatic carbocycles. The van der Waals surface area contributed by atoms with Crippen molar-refractivity contribution in [2.24, 2.45) is 5.92 Å². The van der Waals surface area contributed by atoms with Gasteiger partial charge in [0, 0.05) is 59.7 Å². The third-order valence-electron chi connectivity index (χ3n) is 7.20. The standard InChI is InChI=1S/C31H32Cl2N6O4/c1-19(18-40)29(41)35-15-22-12-20(6-7-26(22)33)24-17-37-31(39-8-10-43-11-9-39)38-28(24)23-13-27(34-16-23)30(42)36-14-21-4-2-3-5-25(21)32/h2-7,12-13,16-17,19,34,40H,8-11,14-15,18H2,1H3,(H,35,41)(H,36,42). The number of aromatic amines is 1. The number of carbonyl (C=O) groups excluding carboxylic acids is 2. The van der Waals surface area contributed by atoms with E-state index < -0.39 is 5.92 Å². The van der Waals surface area contributed by atoms with Gasteiger partial charge in [-0.05, 0) is 41.0 Å². The largest absolute Gasteiger partial charge is 0.396 e. The third-order valence-corrected chi connectivity index (χ3v) is 7.94. The second-order valence-electron chi connectivity index (χ2n) is 10.2. The van der Waals surface area contributed by atoms with Crippen LogP contribution in [0.15, 0.2) is 60.9 Å². The van der Waals surface area contributed by atoms with Crippen LogP contribution in [-0.4, -0.2) is 64.8 Å². The summed E-state index contributed by atoms with van der Waals surface area (Å²) in [5, 5.41) is 16.1. The predicted molar refractivity (Wildman–Crippen MR) is 166 cm³/mol. The fourth-order valence-corrected chi connectivity index (χ4v) is 5.00. The maximum atomic E-state index is 13.0. The molecule has 1 atom stereocenters. The molecule has 0 radical (unpaired) electrons. The number of benzene rings is 2. The molecule has 4 aromatic rings. The van der Waals surface area contributed by atoms with Crippen LogP contribution in [0.1, 0.15) is 28.5 Å². The summed E-state index contributed by atoms with van der Waals surface area (Å²) < 4.78 is 5.50. The summed E-state index contributed by atoms with van der Waals surface area (Å²) in [5.41, 5.74) is 4.75. The molecule has 1 fully saturated rings. The maximum absolute atomic E-state index is 13.0. The zero-order valence-corrected chi connectivity index (χ0v) is 25.1. The first-order chi connectivity index (χ1) is 20.8. The van der Waals surface area contributed by atoms with E-state index in [9.17, 15) is 14.7 Å². The quantitative estimate of drug-likeness (QED) is 0.205. The van der Waals surface area contributed by atoms with Crippen molar-refractivity contribution in [2.45, 2.75) is 20.0 Å². The number of ether oxygens (including phenoxy) is 1. The Morgan fingerprint density at radius 2 is 1.77 bits per heavy atom. The van der Waals surface area contributed by atoms with Gasteiger partial charge in [0.05, 0.1) is 31.4 Å². The summed E-state index contributed by atoms with van der Waals surface area (Å²) in [6.45, 7) is 4.38. The van der Waals surface area contributed by atoms with E-state index in [1.54, 1.807) is 37.5 Å². The van der Waals surface area contributed by atoms with Gasteiger partial charge >= 0.3 is 0 Å². The van der Waals surface area contributed by atoms with Crippen molar-refractivity contribution in [3.8, 4) is 22.4 Å². The van der Waals surface area contributed by atoms with Crippen molar-refractivity contribution in [2.75, 3.05) is 37.8 Å². The Hall–Kier alpha value is -3.96. The number of aliphatic hydroxyl groups is 1. The average Bonchev–Trinajstić information content (AvgIpc) is 3.54. The lowest BCUT2D eigenvalue weighted by atomic mass is 10.00. The molecule has 12 heteroatoms. The van der Waals surface area contributed by atoms with Crippen LogP contribution in [0.4, 0.5) is 5.95 Å². The molecule has 0 spiro atoms. The minimum Gasteiger partial charge on any atom is -0.396 e. The van der Waals surface area contributed by atoms with Crippen LogP contribution in [0.3, 0.4) is 0 Å². The van der Waals surface area contributed by atoms with Crippen molar-refractivity contribution in [3.05, 3.63) is 87.8 Å². The second kappa shape index (κ2) is 14.0. The van der Waals surface area contributed by atoms with Crippen LogP contribution < -0.4 is 15.5 Å². The lowest BCUT2D eigenvalue weighted by Crippen LogP contribution is -2.37. The molecule has 1 aliphatic rings. The number of hydrogen-bond acceptors (Lipinski definition) is 7. The Balaban J connectivity index is 1.45. The zero-order chi connectivity index (χ0) is 30.3. The van der Waals surface area contributed by atoms with E-state index in [1.165, 1.54) is 0 Å². The topological polar surface area (TPSA) is 132 Å². The SMILES string of the molecule is CC(CO)C(=O)NCc1cc(-c2cnc(N3CCOCC3)nc2-c2c[nH]c(C(=O)NCc3ccccc3Cl)c2)ccc1Cl. The number of aromatic nitrogens is 3. The molecule has 1 unspecified atom stereocenters. The summed E-state index contributed by atoms with van der Waals surface area (Å²) in [4.78, 5) is 40.0. The number of halogens is 2. The van der Waals surface area contributed by atoms with E-state index in [0.29, 0.717) is 64.8 Å². The molecule has 3 heterocycles. The van der Waals surface area contributed by atoms with E-state index in [-0.39, 0.29) is 31.5 Å². The summed E-state index contributed by atoms with van der Waals surface area (Å²) in [6.07, 6.45) is 3.50. The normalized spacial score (nSPS) is 13.9. The summed E-state index contributed by atoms with van der Waals surface area (Å²) in [5.74, 6) is -0.515. The van der Waals surface area contributed by atoms with Gasteiger partial charge in [0.2, 0.25) is 11.9 Å². The van der Waals surface area contributed by atoms with Gasteiger partial charge < -0.3 is 30.4 Å². The Labute approximate surface area is 259 Å². The first-order valence-corrected chi connectivity index (χ1v) is 14.7. The fourth-order valence-electron chi connectivity index (χ4n) is 4.61. The van der Waals surface area contributed by atoms with Gasteiger partial charge in [0.1, 0.15) is 5.69 Å². The van der Waals surface area contributed by atoms with Crippen LogP contribution >= 0.6 is 23.2 Å². The van der Waals surface area contributed by atoms with Gasteiger partial charge in [-0.2, -0.15) is 0 Å². The van der Waals surface area contributed by atoms with Gasteiger partial charge in [-0.25, -0.2) is 9.97 Å². The molecule has 4 N–H and O–H groups in total.